The lowest BCUT2D eigenvalue weighted by Gasteiger charge is -2.28. The molecule has 0 spiro atoms. The molecule has 126 valence electrons. The van der Waals surface area contributed by atoms with Crippen molar-refractivity contribution in [3.8, 4) is 0 Å². The summed E-state index contributed by atoms with van der Waals surface area (Å²) in [6.45, 7) is 1.08. The quantitative estimate of drug-likeness (QED) is 0.922. The molecule has 1 aromatic heterocycles. The van der Waals surface area contributed by atoms with Crippen molar-refractivity contribution in [2.45, 2.75) is 31.1 Å². The molecule has 1 amide bonds. The minimum absolute atomic E-state index is 0.144. The second-order valence-electron chi connectivity index (χ2n) is 6.28. The highest BCUT2D eigenvalue weighted by Crippen LogP contribution is 2.31. The number of sulfonamides is 1. The molecule has 1 aliphatic heterocycles. The van der Waals surface area contributed by atoms with Gasteiger partial charge in [-0.05, 0) is 54.7 Å². The van der Waals surface area contributed by atoms with Crippen LogP contribution >= 0.6 is 0 Å². The van der Waals surface area contributed by atoms with Crippen LogP contribution in [0.25, 0.3) is 0 Å². The fraction of sp³-hybridized carbons (Fsp3) is 0.353. The monoisotopic (exact) mass is 346 g/mol. The maximum Gasteiger partial charge on any atom is 0.289 e. The predicted molar refractivity (Wildman–Crippen MR) is 89.2 cm³/mol. The third-order valence-electron chi connectivity index (χ3n) is 4.46. The van der Waals surface area contributed by atoms with Crippen LogP contribution in [-0.4, -0.2) is 31.0 Å². The van der Waals surface area contributed by atoms with E-state index in [9.17, 15) is 13.2 Å². The molecular weight excluding hydrogens is 328 g/mol. The van der Waals surface area contributed by atoms with Crippen LogP contribution in [0, 0.1) is 0 Å². The lowest BCUT2D eigenvalue weighted by Crippen LogP contribution is -2.35. The first-order valence-corrected chi connectivity index (χ1v) is 9.54. The van der Waals surface area contributed by atoms with Crippen LogP contribution in [0.15, 0.2) is 41.0 Å². The number of amides is 1. The highest BCUT2D eigenvalue weighted by Gasteiger charge is 2.35. The first-order valence-electron chi connectivity index (χ1n) is 7.99. The van der Waals surface area contributed by atoms with E-state index in [2.05, 4.69) is 4.72 Å². The summed E-state index contributed by atoms with van der Waals surface area (Å²) in [6, 6.07) is 8.91. The van der Waals surface area contributed by atoms with Crippen molar-refractivity contribution in [1.82, 2.24) is 4.90 Å². The number of nitrogens with zero attached hydrogens (tertiary/aromatic N) is 1. The fourth-order valence-corrected chi connectivity index (χ4v) is 4.35. The van der Waals surface area contributed by atoms with Gasteiger partial charge < -0.3 is 9.32 Å². The standard InChI is InChI=1S/C17H18N2O4S/c20-17(16-2-1-9-23-16)19-8-7-12-3-4-14(10-13(12)11-19)18-24(21,22)15-5-6-15/h1-4,9-10,15,18H,5-8,11H2. The van der Waals surface area contributed by atoms with E-state index in [4.69, 9.17) is 4.42 Å². The zero-order valence-electron chi connectivity index (χ0n) is 13.1. The number of rotatable bonds is 4. The molecule has 2 aromatic rings. The van der Waals surface area contributed by atoms with Gasteiger partial charge in [0, 0.05) is 18.8 Å². The van der Waals surface area contributed by atoms with E-state index in [1.54, 1.807) is 23.1 Å². The van der Waals surface area contributed by atoms with Crippen molar-refractivity contribution < 1.29 is 17.6 Å². The van der Waals surface area contributed by atoms with Gasteiger partial charge in [0.2, 0.25) is 10.0 Å². The number of hydrogen-bond acceptors (Lipinski definition) is 4. The van der Waals surface area contributed by atoms with Crippen molar-refractivity contribution >= 4 is 21.6 Å². The van der Waals surface area contributed by atoms with Crippen LogP contribution in [0.5, 0.6) is 0 Å². The molecule has 7 heteroatoms. The number of hydrogen-bond donors (Lipinski definition) is 1. The van der Waals surface area contributed by atoms with Gasteiger partial charge in [-0.2, -0.15) is 0 Å². The van der Waals surface area contributed by atoms with Gasteiger partial charge in [0.15, 0.2) is 5.76 Å². The van der Waals surface area contributed by atoms with Crippen molar-refractivity contribution in [3.63, 3.8) is 0 Å². The van der Waals surface area contributed by atoms with E-state index in [1.807, 2.05) is 12.1 Å². The Morgan fingerprint density at radius 3 is 2.75 bits per heavy atom. The molecule has 0 saturated heterocycles. The Kier molecular flexibility index (Phi) is 3.60. The van der Waals surface area contributed by atoms with E-state index in [1.165, 1.54) is 6.26 Å². The Labute approximate surface area is 140 Å². The first-order chi connectivity index (χ1) is 11.5. The molecule has 0 atom stereocenters. The van der Waals surface area contributed by atoms with Gasteiger partial charge in [-0.25, -0.2) is 8.42 Å². The Bertz CT molecular complexity index is 870. The zero-order chi connectivity index (χ0) is 16.7. The summed E-state index contributed by atoms with van der Waals surface area (Å²) >= 11 is 0. The summed E-state index contributed by atoms with van der Waals surface area (Å²) in [5.41, 5.74) is 2.68. The number of fused-ring (bicyclic) bond motifs is 1. The van der Waals surface area contributed by atoms with Gasteiger partial charge in [-0.15, -0.1) is 0 Å². The topological polar surface area (TPSA) is 79.6 Å². The maximum absolute atomic E-state index is 12.4. The summed E-state index contributed by atoms with van der Waals surface area (Å²) in [7, 11) is -3.28. The number of nitrogens with one attached hydrogen (secondary N) is 1. The summed E-state index contributed by atoms with van der Waals surface area (Å²) in [5.74, 6) is 0.179. The Hall–Kier alpha value is -2.28. The normalized spacial score (nSPS) is 17.4. The highest BCUT2D eigenvalue weighted by atomic mass is 32.2. The van der Waals surface area contributed by atoms with E-state index < -0.39 is 10.0 Å². The second kappa shape index (κ2) is 5.66. The van der Waals surface area contributed by atoms with Crippen LogP contribution in [-0.2, 0) is 23.0 Å². The molecule has 2 aliphatic rings. The van der Waals surface area contributed by atoms with Crippen molar-refractivity contribution in [1.29, 1.82) is 0 Å². The number of benzene rings is 1. The Balaban J connectivity index is 1.54. The second-order valence-corrected chi connectivity index (χ2v) is 8.24. The van der Waals surface area contributed by atoms with Crippen LogP contribution in [0.1, 0.15) is 34.5 Å². The van der Waals surface area contributed by atoms with Gasteiger partial charge in [0.25, 0.3) is 5.91 Å². The fourth-order valence-electron chi connectivity index (χ4n) is 2.98. The number of furan rings is 1. The SMILES string of the molecule is O=C(c1ccco1)N1CCc2ccc(NS(=O)(=O)C3CC3)cc2C1. The van der Waals surface area contributed by atoms with Gasteiger partial charge in [-0.3, -0.25) is 9.52 Å². The first kappa shape index (κ1) is 15.3. The summed E-state index contributed by atoms with van der Waals surface area (Å²) in [5, 5.41) is -0.259. The minimum Gasteiger partial charge on any atom is -0.459 e. The van der Waals surface area contributed by atoms with E-state index >= 15 is 0 Å². The number of anilines is 1. The molecule has 0 bridgehead atoms. The molecule has 6 nitrogen and oxygen atoms in total. The summed E-state index contributed by atoms with van der Waals surface area (Å²) in [6.07, 6.45) is 3.69. The third kappa shape index (κ3) is 2.91. The van der Waals surface area contributed by atoms with Crippen LogP contribution in [0.3, 0.4) is 0 Å². The molecule has 1 N–H and O–H groups in total. The van der Waals surface area contributed by atoms with Crippen molar-refractivity contribution in [2.75, 3.05) is 11.3 Å². The van der Waals surface area contributed by atoms with Gasteiger partial charge in [0.1, 0.15) is 0 Å². The summed E-state index contributed by atoms with van der Waals surface area (Å²) < 4.78 is 32.0. The molecule has 1 aromatic carbocycles. The van der Waals surface area contributed by atoms with E-state index in [0.717, 1.165) is 30.4 Å². The molecule has 4 rings (SSSR count). The molecule has 1 fully saturated rings. The smallest absolute Gasteiger partial charge is 0.289 e. The lowest BCUT2D eigenvalue weighted by atomic mass is 9.99. The van der Waals surface area contributed by atoms with Crippen LogP contribution in [0.4, 0.5) is 5.69 Å². The van der Waals surface area contributed by atoms with Crippen LogP contribution in [0.2, 0.25) is 0 Å². The predicted octanol–water partition coefficient (Wildman–Crippen LogP) is 2.38. The molecule has 1 saturated carbocycles. The maximum atomic E-state index is 12.4. The lowest BCUT2D eigenvalue weighted by molar-refractivity contribution is 0.0702. The average Bonchev–Trinajstić information content (AvgIpc) is 3.30. The van der Waals surface area contributed by atoms with Gasteiger partial charge in [-0.1, -0.05) is 6.07 Å². The molecule has 1 aliphatic carbocycles. The zero-order valence-corrected chi connectivity index (χ0v) is 13.9. The number of carbonyl (C=O) groups excluding carboxylic acids is 1. The van der Waals surface area contributed by atoms with Crippen molar-refractivity contribution in [2.24, 2.45) is 0 Å². The molecule has 0 radical (unpaired) electrons. The highest BCUT2D eigenvalue weighted by molar-refractivity contribution is 7.93. The number of carbonyl (C=O) groups is 1. The third-order valence-corrected chi connectivity index (χ3v) is 6.33. The average molecular weight is 346 g/mol. The Morgan fingerprint density at radius 2 is 2.04 bits per heavy atom. The summed E-state index contributed by atoms with van der Waals surface area (Å²) in [4.78, 5) is 14.1. The largest absolute Gasteiger partial charge is 0.459 e. The molecule has 2 heterocycles. The molecule has 0 unspecified atom stereocenters. The van der Waals surface area contributed by atoms with Crippen LogP contribution < -0.4 is 4.72 Å². The molecule has 24 heavy (non-hydrogen) atoms. The van der Waals surface area contributed by atoms with E-state index in [0.29, 0.717) is 24.5 Å². The Morgan fingerprint density at radius 1 is 1.21 bits per heavy atom. The van der Waals surface area contributed by atoms with E-state index in [-0.39, 0.29) is 11.2 Å². The molecular formula is C17H18N2O4S. The van der Waals surface area contributed by atoms with Gasteiger partial charge in [0.05, 0.1) is 11.5 Å². The van der Waals surface area contributed by atoms with Crippen molar-refractivity contribution in [3.05, 3.63) is 53.5 Å². The van der Waals surface area contributed by atoms with Gasteiger partial charge >= 0.3 is 0 Å². The minimum atomic E-state index is -3.28.